The molecule has 1 aliphatic carbocycles. The SMILES string of the molecule is CCCCn1c2c(c3cc(C(=O)O)ccc31)CCC2. The van der Waals surface area contributed by atoms with E-state index in [0.717, 1.165) is 24.8 Å². The zero-order valence-electron chi connectivity index (χ0n) is 11.3. The van der Waals surface area contributed by atoms with Crippen molar-refractivity contribution in [3.63, 3.8) is 0 Å². The van der Waals surface area contributed by atoms with Crippen molar-refractivity contribution >= 4 is 16.9 Å². The summed E-state index contributed by atoms with van der Waals surface area (Å²) >= 11 is 0. The Morgan fingerprint density at radius 1 is 1.37 bits per heavy atom. The van der Waals surface area contributed by atoms with Gasteiger partial charge >= 0.3 is 5.97 Å². The molecule has 2 aromatic rings. The first-order chi connectivity index (χ1) is 9.22. The molecule has 0 aliphatic heterocycles. The number of hydrogen-bond acceptors (Lipinski definition) is 1. The van der Waals surface area contributed by atoms with Crippen LogP contribution in [0.4, 0.5) is 0 Å². The van der Waals surface area contributed by atoms with Gasteiger partial charge < -0.3 is 9.67 Å². The normalized spacial score (nSPS) is 13.9. The lowest BCUT2D eigenvalue weighted by Gasteiger charge is -2.08. The summed E-state index contributed by atoms with van der Waals surface area (Å²) in [7, 11) is 0. The number of carbonyl (C=O) groups is 1. The average molecular weight is 257 g/mol. The van der Waals surface area contributed by atoms with Crippen LogP contribution in [-0.2, 0) is 19.4 Å². The predicted octanol–water partition coefficient (Wildman–Crippen LogP) is 3.63. The van der Waals surface area contributed by atoms with Crippen LogP contribution in [-0.4, -0.2) is 15.6 Å². The van der Waals surface area contributed by atoms with E-state index in [9.17, 15) is 4.79 Å². The molecule has 0 unspecified atom stereocenters. The Morgan fingerprint density at radius 2 is 2.21 bits per heavy atom. The van der Waals surface area contributed by atoms with E-state index in [1.165, 1.54) is 36.0 Å². The van der Waals surface area contributed by atoms with Gasteiger partial charge in [0.05, 0.1) is 5.56 Å². The van der Waals surface area contributed by atoms with Crippen LogP contribution >= 0.6 is 0 Å². The molecule has 3 rings (SSSR count). The van der Waals surface area contributed by atoms with Crippen LogP contribution in [0.15, 0.2) is 18.2 Å². The maximum absolute atomic E-state index is 11.1. The van der Waals surface area contributed by atoms with Crippen molar-refractivity contribution in [1.29, 1.82) is 0 Å². The molecule has 1 heterocycles. The lowest BCUT2D eigenvalue weighted by Crippen LogP contribution is -2.02. The number of aromatic nitrogens is 1. The molecule has 0 fully saturated rings. The second kappa shape index (κ2) is 4.72. The largest absolute Gasteiger partial charge is 0.478 e. The van der Waals surface area contributed by atoms with Crippen molar-refractivity contribution in [2.75, 3.05) is 0 Å². The maximum atomic E-state index is 11.1. The quantitative estimate of drug-likeness (QED) is 0.908. The van der Waals surface area contributed by atoms with Gasteiger partial charge in [-0.05, 0) is 49.4 Å². The van der Waals surface area contributed by atoms with Crippen molar-refractivity contribution in [2.45, 2.75) is 45.6 Å². The van der Waals surface area contributed by atoms with Crippen LogP contribution in [0.3, 0.4) is 0 Å². The van der Waals surface area contributed by atoms with Gasteiger partial charge in [0, 0.05) is 23.1 Å². The molecule has 100 valence electrons. The zero-order chi connectivity index (χ0) is 13.4. The van der Waals surface area contributed by atoms with Gasteiger partial charge in [-0.25, -0.2) is 4.79 Å². The lowest BCUT2D eigenvalue weighted by atomic mass is 10.1. The molecule has 1 aromatic carbocycles. The Bertz CT molecular complexity index is 640. The molecule has 0 saturated carbocycles. The Balaban J connectivity index is 2.18. The molecule has 0 saturated heterocycles. The summed E-state index contributed by atoms with van der Waals surface area (Å²) in [4.78, 5) is 11.1. The van der Waals surface area contributed by atoms with Crippen LogP contribution in [0.1, 0.15) is 47.8 Å². The highest BCUT2D eigenvalue weighted by Crippen LogP contribution is 2.34. The van der Waals surface area contributed by atoms with E-state index in [2.05, 4.69) is 11.5 Å². The van der Waals surface area contributed by atoms with E-state index in [-0.39, 0.29) is 0 Å². The first kappa shape index (κ1) is 12.3. The van der Waals surface area contributed by atoms with E-state index in [1.807, 2.05) is 12.1 Å². The molecule has 0 radical (unpaired) electrons. The van der Waals surface area contributed by atoms with Gasteiger partial charge in [-0.15, -0.1) is 0 Å². The number of aryl methyl sites for hydroxylation is 2. The van der Waals surface area contributed by atoms with E-state index in [0.29, 0.717) is 5.56 Å². The van der Waals surface area contributed by atoms with Gasteiger partial charge in [0.2, 0.25) is 0 Å². The second-order valence-electron chi connectivity index (χ2n) is 5.32. The molecule has 19 heavy (non-hydrogen) atoms. The monoisotopic (exact) mass is 257 g/mol. The van der Waals surface area contributed by atoms with Gasteiger partial charge in [0.1, 0.15) is 0 Å². The molecule has 0 amide bonds. The molecule has 1 aromatic heterocycles. The third-order valence-electron chi connectivity index (χ3n) is 4.11. The zero-order valence-corrected chi connectivity index (χ0v) is 11.3. The van der Waals surface area contributed by atoms with E-state index < -0.39 is 5.97 Å². The van der Waals surface area contributed by atoms with Crippen molar-refractivity contribution in [3.05, 3.63) is 35.0 Å². The minimum Gasteiger partial charge on any atom is -0.478 e. The number of fused-ring (bicyclic) bond motifs is 3. The van der Waals surface area contributed by atoms with Gasteiger partial charge in [-0.3, -0.25) is 0 Å². The van der Waals surface area contributed by atoms with Crippen LogP contribution in [0, 0.1) is 0 Å². The number of hydrogen-bond donors (Lipinski definition) is 1. The van der Waals surface area contributed by atoms with Crippen LogP contribution < -0.4 is 0 Å². The Kier molecular flexibility index (Phi) is 3.05. The van der Waals surface area contributed by atoms with Gasteiger partial charge in [0.15, 0.2) is 0 Å². The maximum Gasteiger partial charge on any atom is 0.335 e. The fourth-order valence-electron chi connectivity index (χ4n) is 3.18. The van der Waals surface area contributed by atoms with Gasteiger partial charge in [0.25, 0.3) is 0 Å². The van der Waals surface area contributed by atoms with Crippen molar-refractivity contribution in [3.8, 4) is 0 Å². The van der Waals surface area contributed by atoms with Crippen molar-refractivity contribution in [2.24, 2.45) is 0 Å². The topological polar surface area (TPSA) is 42.2 Å². The summed E-state index contributed by atoms with van der Waals surface area (Å²) in [6.45, 7) is 3.25. The molecule has 0 bridgehead atoms. The number of benzene rings is 1. The third-order valence-corrected chi connectivity index (χ3v) is 4.11. The molecule has 3 heteroatoms. The third kappa shape index (κ3) is 1.93. The highest BCUT2D eigenvalue weighted by Gasteiger charge is 2.21. The summed E-state index contributed by atoms with van der Waals surface area (Å²) in [6.07, 6.45) is 5.78. The number of carboxylic acids is 1. The summed E-state index contributed by atoms with van der Waals surface area (Å²) in [5.74, 6) is -0.838. The molecule has 1 N–H and O–H groups in total. The Morgan fingerprint density at radius 3 is 2.95 bits per heavy atom. The summed E-state index contributed by atoms with van der Waals surface area (Å²) in [5.41, 5.74) is 4.43. The predicted molar refractivity (Wildman–Crippen MR) is 75.8 cm³/mol. The first-order valence-electron chi connectivity index (χ1n) is 7.09. The highest BCUT2D eigenvalue weighted by molar-refractivity contribution is 5.95. The first-order valence-corrected chi connectivity index (χ1v) is 7.09. The number of rotatable bonds is 4. The molecular formula is C16H19NO2. The highest BCUT2D eigenvalue weighted by atomic mass is 16.4. The number of nitrogens with zero attached hydrogens (tertiary/aromatic N) is 1. The smallest absolute Gasteiger partial charge is 0.335 e. The van der Waals surface area contributed by atoms with E-state index in [4.69, 9.17) is 5.11 Å². The fourth-order valence-corrected chi connectivity index (χ4v) is 3.18. The standard InChI is InChI=1S/C16H19NO2/c1-2-3-9-17-14-6-4-5-12(14)13-10-11(16(18)19)7-8-15(13)17/h7-8,10H,2-6,9H2,1H3,(H,18,19). The van der Waals surface area contributed by atoms with Crippen LogP contribution in [0.5, 0.6) is 0 Å². The Labute approximate surface area is 112 Å². The van der Waals surface area contributed by atoms with Crippen molar-refractivity contribution in [1.82, 2.24) is 4.57 Å². The average Bonchev–Trinajstić information content (AvgIpc) is 2.97. The summed E-state index contributed by atoms with van der Waals surface area (Å²) < 4.78 is 2.41. The summed E-state index contributed by atoms with van der Waals surface area (Å²) in [5, 5.41) is 10.3. The minimum atomic E-state index is -0.838. The van der Waals surface area contributed by atoms with Crippen molar-refractivity contribution < 1.29 is 9.90 Å². The molecule has 0 atom stereocenters. The Hall–Kier alpha value is -1.77. The molecule has 3 nitrogen and oxygen atoms in total. The van der Waals surface area contributed by atoms with E-state index in [1.54, 1.807) is 6.07 Å². The fraction of sp³-hybridized carbons (Fsp3) is 0.438. The van der Waals surface area contributed by atoms with Crippen LogP contribution in [0.2, 0.25) is 0 Å². The number of aromatic carboxylic acids is 1. The molecule has 1 aliphatic rings. The molecule has 0 spiro atoms. The second-order valence-corrected chi connectivity index (χ2v) is 5.32. The number of carboxylic acid groups (broad SMARTS) is 1. The van der Waals surface area contributed by atoms with Gasteiger partial charge in [-0.2, -0.15) is 0 Å². The minimum absolute atomic E-state index is 0.398. The van der Waals surface area contributed by atoms with E-state index >= 15 is 0 Å². The van der Waals surface area contributed by atoms with Gasteiger partial charge in [-0.1, -0.05) is 13.3 Å². The summed E-state index contributed by atoms with van der Waals surface area (Å²) in [6, 6.07) is 5.55. The lowest BCUT2D eigenvalue weighted by molar-refractivity contribution is 0.0697. The number of unbranched alkanes of at least 4 members (excludes halogenated alkanes) is 1. The van der Waals surface area contributed by atoms with Crippen LogP contribution in [0.25, 0.3) is 10.9 Å². The molecular weight excluding hydrogens is 238 g/mol.